The highest BCUT2D eigenvalue weighted by atomic mass is 16.7. The molecule has 0 unspecified atom stereocenters. The van der Waals surface area contributed by atoms with E-state index in [1.165, 1.54) is 24.3 Å². The summed E-state index contributed by atoms with van der Waals surface area (Å²) in [4.78, 5) is 49.4. The van der Waals surface area contributed by atoms with Gasteiger partial charge in [0, 0.05) is 24.1 Å². The predicted octanol–water partition coefficient (Wildman–Crippen LogP) is 4.00. The van der Waals surface area contributed by atoms with Crippen molar-refractivity contribution < 1.29 is 48.0 Å². The quantitative estimate of drug-likeness (QED) is 0.118. The van der Waals surface area contributed by atoms with E-state index in [-0.39, 0.29) is 69.8 Å². The van der Waals surface area contributed by atoms with Crippen LogP contribution in [-0.4, -0.2) is 75.4 Å². The van der Waals surface area contributed by atoms with Gasteiger partial charge in [0.05, 0.1) is 44.2 Å². The highest BCUT2D eigenvalue weighted by molar-refractivity contribution is 5.95. The van der Waals surface area contributed by atoms with Gasteiger partial charge in [0.25, 0.3) is 0 Å². The summed E-state index contributed by atoms with van der Waals surface area (Å²) < 4.78 is 25.5. The van der Waals surface area contributed by atoms with E-state index < -0.39 is 18.2 Å². The smallest absolute Gasteiger partial charge is 0.478 e. The Morgan fingerprint density at radius 2 is 1.38 bits per heavy atom. The Hall–Kier alpha value is -5.38. The highest BCUT2D eigenvalue weighted by Crippen LogP contribution is 2.25. The van der Waals surface area contributed by atoms with Crippen molar-refractivity contribution >= 4 is 29.8 Å². The van der Waals surface area contributed by atoms with Gasteiger partial charge >= 0.3 is 18.2 Å². The third kappa shape index (κ3) is 10.4. The zero-order chi connectivity index (χ0) is 31.9. The van der Waals surface area contributed by atoms with Crippen LogP contribution in [0, 0.1) is 11.8 Å². The molecule has 3 aromatic rings. The summed E-state index contributed by atoms with van der Waals surface area (Å²) in [6.45, 7) is 1.13. The molecule has 1 heterocycles. The fourth-order valence-corrected chi connectivity index (χ4v) is 4.16. The van der Waals surface area contributed by atoms with Crippen molar-refractivity contribution in [1.29, 1.82) is 0 Å². The Balaban J connectivity index is 1.04. The van der Waals surface area contributed by atoms with Crippen molar-refractivity contribution in [2.45, 2.75) is 13.0 Å². The number of carboxylic acids is 1. The van der Waals surface area contributed by atoms with Gasteiger partial charge in [-0.25, -0.2) is 14.4 Å². The van der Waals surface area contributed by atoms with Crippen LogP contribution >= 0.6 is 0 Å². The highest BCUT2D eigenvalue weighted by Gasteiger charge is 2.21. The van der Waals surface area contributed by atoms with Crippen molar-refractivity contribution in [2.24, 2.45) is 0 Å². The fourth-order valence-electron chi connectivity index (χ4n) is 4.16. The molecular formula is C33H32N2O10. The van der Waals surface area contributed by atoms with Gasteiger partial charge in [0.1, 0.15) is 19.0 Å². The van der Waals surface area contributed by atoms with Crippen LogP contribution < -0.4 is 15.0 Å². The Morgan fingerprint density at radius 3 is 2.11 bits per heavy atom. The number of nitrogens with zero attached hydrogens (tertiary/aromatic N) is 1. The second kappa shape index (κ2) is 17.0. The first-order valence-electron chi connectivity index (χ1n) is 14.1. The van der Waals surface area contributed by atoms with Crippen LogP contribution in [0.1, 0.15) is 33.5 Å². The molecular weight excluding hydrogens is 584 g/mol. The van der Waals surface area contributed by atoms with E-state index in [1.54, 1.807) is 4.90 Å². The van der Waals surface area contributed by atoms with E-state index in [1.807, 2.05) is 48.5 Å². The number of anilines is 1. The molecule has 234 valence electrons. The summed E-state index contributed by atoms with van der Waals surface area (Å²) in [6, 6.07) is 20.5. The lowest BCUT2D eigenvalue weighted by Crippen LogP contribution is -2.35. The van der Waals surface area contributed by atoms with Crippen molar-refractivity contribution in [1.82, 2.24) is 5.32 Å². The zero-order valence-electron chi connectivity index (χ0n) is 24.4. The largest absolute Gasteiger partial charge is 0.513 e. The van der Waals surface area contributed by atoms with E-state index >= 15 is 0 Å². The van der Waals surface area contributed by atoms with Crippen LogP contribution in [0.15, 0.2) is 72.8 Å². The van der Waals surface area contributed by atoms with E-state index in [4.69, 9.17) is 28.8 Å². The maximum Gasteiger partial charge on any atom is 0.513 e. The van der Waals surface area contributed by atoms with Gasteiger partial charge in [0.2, 0.25) is 5.91 Å². The number of ether oxygens (including phenoxy) is 5. The zero-order valence-corrected chi connectivity index (χ0v) is 24.4. The van der Waals surface area contributed by atoms with Crippen LogP contribution in [-0.2, 0) is 30.3 Å². The summed E-state index contributed by atoms with van der Waals surface area (Å²) in [5.74, 6) is 5.26. The Bertz CT molecular complexity index is 1540. The number of fused-ring (bicyclic) bond motifs is 2. The fraction of sp³-hybridized carbons (Fsp3) is 0.273. The Labute approximate surface area is 259 Å². The summed E-state index contributed by atoms with van der Waals surface area (Å²) in [6.07, 6.45) is -1.52. The topological polar surface area (TPSA) is 150 Å². The summed E-state index contributed by atoms with van der Waals surface area (Å²) in [5, 5.41) is 11.5. The number of rotatable bonds is 14. The number of hydrogen-bond acceptors (Lipinski definition) is 9. The third-order valence-electron chi connectivity index (χ3n) is 6.36. The molecule has 0 aromatic heterocycles. The minimum Gasteiger partial charge on any atom is -0.478 e. The molecule has 12 heteroatoms. The number of para-hydroxylation sites is 1. The number of amides is 2. The van der Waals surface area contributed by atoms with Gasteiger partial charge < -0.3 is 39.0 Å². The molecule has 4 rings (SSSR count). The minimum absolute atomic E-state index is 0.0110. The van der Waals surface area contributed by atoms with Gasteiger partial charge in [-0.2, -0.15) is 0 Å². The number of carbonyl (C=O) groups excluding carboxylic acids is 3. The van der Waals surface area contributed by atoms with Crippen molar-refractivity contribution in [3.8, 4) is 17.6 Å². The van der Waals surface area contributed by atoms with E-state index in [2.05, 4.69) is 17.2 Å². The molecule has 2 amide bonds. The number of nitrogens with one attached hydrogen (secondary N) is 1. The molecule has 0 fully saturated rings. The molecule has 0 aliphatic carbocycles. The van der Waals surface area contributed by atoms with Crippen molar-refractivity contribution in [3.63, 3.8) is 0 Å². The summed E-state index contributed by atoms with van der Waals surface area (Å²) in [5.41, 5.74) is 3.37. The second-order valence-corrected chi connectivity index (χ2v) is 9.47. The Kier molecular flexibility index (Phi) is 12.3. The molecule has 1 aliphatic rings. The van der Waals surface area contributed by atoms with E-state index in [9.17, 15) is 19.2 Å². The maximum absolute atomic E-state index is 13.2. The number of aromatic carboxylic acids is 1. The molecule has 1 aliphatic heterocycles. The van der Waals surface area contributed by atoms with Gasteiger partial charge in [0.15, 0.2) is 0 Å². The van der Waals surface area contributed by atoms with Gasteiger partial charge in [-0.1, -0.05) is 42.2 Å². The number of carboxylic acid groups (broad SMARTS) is 1. The van der Waals surface area contributed by atoms with Crippen LogP contribution in [0.4, 0.5) is 15.3 Å². The summed E-state index contributed by atoms with van der Waals surface area (Å²) >= 11 is 0. The molecule has 0 radical (unpaired) electrons. The van der Waals surface area contributed by atoms with Crippen LogP contribution in [0.5, 0.6) is 5.75 Å². The van der Waals surface area contributed by atoms with E-state index in [0.29, 0.717) is 6.54 Å². The molecule has 0 saturated carbocycles. The second-order valence-electron chi connectivity index (χ2n) is 9.47. The predicted molar refractivity (Wildman–Crippen MR) is 161 cm³/mol. The van der Waals surface area contributed by atoms with Crippen LogP contribution in [0.3, 0.4) is 0 Å². The van der Waals surface area contributed by atoms with Gasteiger partial charge in [-0.3, -0.25) is 4.79 Å². The number of alkyl carbamates (subject to hydrolysis) is 1. The molecule has 0 spiro atoms. The van der Waals surface area contributed by atoms with Gasteiger partial charge in [-0.05, 0) is 48.0 Å². The lowest BCUT2D eigenvalue weighted by molar-refractivity contribution is -0.118. The van der Waals surface area contributed by atoms with Gasteiger partial charge in [-0.15, -0.1) is 0 Å². The van der Waals surface area contributed by atoms with Crippen LogP contribution in [0.25, 0.3) is 0 Å². The van der Waals surface area contributed by atoms with Crippen LogP contribution in [0.2, 0.25) is 0 Å². The van der Waals surface area contributed by atoms with E-state index in [0.717, 1.165) is 22.4 Å². The molecule has 0 bridgehead atoms. The molecule has 3 aromatic carbocycles. The van der Waals surface area contributed by atoms with Crippen molar-refractivity contribution in [2.75, 3.05) is 51.1 Å². The first-order valence-corrected chi connectivity index (χ1v) is 14.1. The molecule has 12 nitrogen and oxygen atoms in total. The first-order chi connectivity index (χ1) is 21.9. The molecule has 0 atom stereocenters. The normalized spacial score (nSPS) is 11.4. The third-order valence-corrected chi connectivity index (χ3v) is 6.36. The molecule has 0 saturated heterocycles. The number of carbonyl (C=O) groups is 4. The molecule has 45 heavy (non-hydrogen) atoms. The lowest BCUT2D eigenvalue weighted by Gasteiger charge is -2.26. The summed E-state index contributed by atoms with van der Waals surface area (Å²) in [7, 11) is 0. The number of benzene rings is 3. The minimum atomic E-state index is -1.09. The number of hydrogen-bond donors (Lipinski definition) is 2. The average molecular weight is 617 g/mol. The average Bonchev–Trinajstić information content (AvgIpc) is 3.03. The monoisotopic (exact) mass is 616 g/mol. The van der Waals surface area contributed by atoms with Crippen molar-refractivity contribution in [3.05, 3.63) is 95.1 Å². The standard InChI is InChI=1S/C33H32N2O10/c36-30(35-23-27-7-2-1-5-24(27)9-10-25-6-3-4-8-29(25)35)15-16-34-32(39)43-21-19-41-17-18-42-20-22-44-33(40)45-28-13-11-26(12-14-28)31(37)38/h1-8,11-14H,15-23H2,(H,34,39)(H,37,38). The maximum atomic E-state index is 13.2. The SMILES string of the molecule is O=C(NCCC(=O)N1Cc2ccccc2C#Cc2ccccc21)OCCOCCOCCOC(=O)Oc1ccc(C(=O)O)cc1. The first kappa shape index (κ1) is 32.5. The Morgan fingerprint density at radius 1 is 0.756 bits per heavy atom. The molecule has 2 N–H and O–H groups in total. The lowest BCUT2D eigenvalue weighted by atomic mass is 10.0.